The van der Waals surface area contributed by atoms with Crippen molar-refractivity contribution in [1.29, 1.82) is 0 Å². The Hall–Kier alpha value is -2.35. The van der Waals surface area contributed by atoms with Crippen LogP contribution in [0.4, 0.5) is 5.69 Å². The van der Waals surface area contributed by atoms with Gasteiger partial charge in [0.2, 0.25) is 5.75 Å². The lowest BCUT2D eigenvalue weighted by atomic mass is 10.1. The van der Waals surface area contributed by atoms with Gasteiger partial charge < -0.3 is 16.4 Å². The average molecular weight is 211 g/mol. The molecule has 8 heteroatoms. The van der Waals surface area contributed by atoms with Crippen LogP contribution >= 0.6 is 0 Å². The molecule has 0 aliphatic carbocycles. The fourth-order valence-electron chi connectivity index (χ4n) is 1.05. The highest BCUT2D eigenvalue weighted by Gasteiger charge is 2.18. The minimum absolute atomic E-state index is 0.0452. The molecule has 0 aromatic heterocycles. The Balaban J connectivity index is 3.32. The molecule has 1 aromatic carbocycles. The number of rotatable bonds is 2. The summed E-state index contributed by atoms with van der Waals surface area (Å²) < 4.78 is 0. The lowest BCUT2D eigenvalue weighted by Crippen LogP contribution is -2.32. The largest absolute Gasteiger partial charge is 0.502 e. The van der Waals surface area contributed by atoms with Gasteiger partial charge in [-0.2, -0.15) is 5.10 Å². The van der Waals surface area contributed by atoms with Gasteiger partial charge in [-0.25, -0.2) is 5.84 Å². The molecule has 1 aromatic rings. The number of nitrogens with one attached hydrogen (secondary N) is 1. The van der Waals surface area contributed by atoms with Crippen molar-refractivity contribution >= 4 is 11.5 Å². The van der Waals surface area contributed by atoms with Crippen LogP contribution < -0.4 is 17.1 Å². The Morgan fingerprint density at radius 2 is 2.27 bits per heavy atom. The van der Waals surface area contributed by atoms with Crippen molar-refractivity contribution in [2.24, 2.45) is 16.8 Å². The predicted molar refractivity (Wildman–Crippen MR) is 52.8 cm³/mol. The van der Waals surface area contributed by atoms with Crippen LogP contribution in [0.2, 0.25) is 0 Å². The number of amidine groups is 1. The van der Waals surface area contributed by atoms with Gasteiger partial charge in [-0.15, -0.1) is 0 Å². The number of phenols is 1. The van der Waals surface area contributed by atoms with Gasteiger partial charge in [-0.05, 0) is 6.07 Å². The Morgan fingerprint density at radius 1 is 1.60 bits per heavy atom. The van der Waals surface area contributed by atoms with Crippen molar-refractivity contribution in [3.05, 3.63) is 33.9 Å². The molecule has 0 aliphatic rings. The van der Waals surface area contributed by atoms with Gasteiger partial charge in [0.25, 0.3) is 0 Å². The number of hydrazine groups is 1. The number of nitrogens with zero attached hydrogens (tertiary/aromatic N) is 2. The predicted octanol–water partition coefficient (Wildman–Crippen LogP) is -0.616. The van der Waals surface area contributed by atoms with E-state index in [4.69, 9.17) is 11.7 Å². The Bertz CT molecular complexity index is 417. The molecule has 0 spiro atoms. The first-order valence-corrected chi connectivity index (χ1v) is 3.83. The van der Waals surface area contributed by atoms with Crippen LogP contribution in [0.1, 0.15) is 5.56 Å². The maximum atomic E-state index is 10.5. The topological polar surface area (TPSA) is 140 Å². The summed E-state index contributed by atoms with van der Waals surface area (Å²) in [5.41, 5.74) is 1.74. The fraction of sp³-hybridized carbons (Fsp3) is 0. The first-order valence-electron chi connectivity index (χ1n) is 3.83. The first-order chi connectivity index (χ1) is 7.11. The second kappa shape index (κ2) is 4.24. The number of phenolic OH excluding ortho intramolecular Hbond substituents is 1. The Labute approximate surface area is 84.3 Å². The van der Waals surface area contributed by atoms with Gasteiger partial charge in [-0.1, -0.05) is 6.07 Å². The van der Waals surface area contributed by atoms with E-state index in [0.717, 1.165) is 6.07 Å². The van der Waals surface area contributed by atoms with Gasteiger partial charge >= 0.3 is 5.69 Å². The quantitative estimate of drug-likeness (QED) is 0.169. The molecule has 15 heavy (non-hydrogen) atoms. The van der Waals surface area contributed by atoms with Crippen molar-refractivity contribution in [2.75, 3.05) is 0 Å². The summed E-state index contributed by atoms with van der Waals surface area (Å²) >= 11 is 0. The van der Waals surface area contributed by atoms with Crippen molar-refractivity contribution < 1.29 is 10.0 Å². The minimum atomic E-state index is -0.719. The van der Waals surface area contributed by atoms with E-state index in [0.29, 0.717) is 0 Å². The van der Waals surface area contributed by atoms with Crippen LogP contribution in [0.5, 0.6) is 5.75 Å². The van der Waals surface area contributed by atoms with Gasteiger partial charge in [-0.3, -0.25) is 10.1 Å². The molecule has 80 valence electrons. The molecule has 6 N–H and O–H groups in total. The van der Waals surface area contributed by atoms with Gasteiger partial charge in [0.15, 0.2) is 5.84 Å². The molecule has 0 saturated heterocycles. The molecule has 0 heterocycles. The number of nitrogens with two attached hydrogens (primary N) is 2. The molecule has 0 saturated carbocycles. The summed E-state index contributed by atoms with van der Waals surface area (Å²) in [6, 6.07) is 3.94. The molecule has 0 amide bonds. The van der Waals surface area contributed by atoms with E-state index in [1.165, 1.54) is 12.1 Å². The van der Waals surface area contributed by atoms with E-state index in [2.05, 4.69) is 10.5 Å². The maximum Gasteiger partial charge on any atom is 0.311 e. The zero-order chi connectivity index (χ0) is 11.4. The SMILES string of the molecule is N/N=C(\NN)c1cccc([N+](=O)[O-])c1O. The second-order valence-corrected chi connectivity index (χ2v) is 2.55. The standard InChI is InChI=1S/C7H9N5O3/c8-10-7(11-9)4-2-1-3-5(6(4)13)12(14)15/h1-3,13H,8-9H2,(H,10,11). The van der Waals surface area contributed by atoms with Crippen molar-refractivity contribution in [3.63, 3.8) is 0 Å². The van der Waals surface area contributed by atoms with Crippen LogP contribution in [0.25, 0.3) is 0 Å². The lowest BCUT2D eigenvalue weighted by molar-refractivity contribution is -0.385. The first kappa shape index (κ1) is 10.7. The number of nitro groups is 1. The number of aromatic hydroxyl groups is 1. The summed E-state index contributed by atoms with van der Waals surface area (Å²) in [7, 11) is 0. The van der Waals surface area contributed by atoms with Crippen molar-refractivity contribution in [3.8, 4) is 5.75 Å². The molecule has 1 rings (SSSR count). The van der Waals surface area contributed by atoms with E-state index >= 15 is 0 Å². The lowest BCUT2D eigenvalue weighted by Gasteiger charge is -2.05. The number of para-hydroxylation sites is 1. The van der Waals surface area contributed by atoms with Crippen LogP contribution in [0.15, 0.2) is 23.3 Å². The molecule has 0 unspecified atom stereocenters. The molecular formula is C7H9N5O3. The van der Waals surface area contributed by atoms with Crippen LogP contribution in [-0.4, -0.2) is 15.9 Å². The molecule has 0 bridgehead atoms. The normalized spacial score (nSPS) is 11.1. The Morgan fingerprint density at radius 3 is 2.73 bits per heavy atom. The van der Waals surface area contributed by atoms with Gasteiger partial charge in [0.1, 0.15) is 0 Å². The third kappa shape index (κ3) is 1.94. The minimum Gasteiger partial charge on any atom is -0.502 e. The molecule has 0 radical (unpaired) electrons. The number of nitro benzene ring substituents is 1. The zero-order valence-corrected chi connectivity index (χ0v) is 7.54. The van der Waals surface area contributed by atoms with Crippen molar-refractivity contribution in [2.45, 2.75) is 0 Å². The summed E-state index contributed by atoms with van der Waals surface area (Å²) in [4.78, 5) is 9.78. The highest BCUT2D eigenvalue weighted by molar-refractivity contribution is 6.01. The summed E-state index contributed by atoms with van der Waals surface area (Å²) in [6.45, 7) is 0. The van der Waals surface area contributed by atoms with E-state index in [1.807, 2.05) is 0 Å². The highest BCUT2D eigenvalue weighted by Crippen LogP contribution is 2.28. The number of hydrogen-bond acceptors (Lipinski definition) is 6. The van der Waals surface area contributed by atoms with Gasteiger partial charge in [0, 0.05) is 6.07 Å². The number of hydrazone groups is 1. The Kier molecular flexibility index (Phi) is 3.03. The third-order valence-electron chi connectivity index (χ3n) is 1.73. The third-order valence-corrected chi connectivity index (χ3v) is 1.73. The van der Waals surface area contributed by atoms with E-state index < -0.39 is 16.4 Å². The highest BCUT2D eigenvalue weighted by atomic mass is 16.6. The maximum absolute atomic E-state index is 10.5. The van der Waals surface area contributed by atoms with Crippen LogP contribution in [0.3, 0.4) is 0 Å². The summed E-state index contributed by atoms with van der Waals surface area (Å²) in [5, 5.41) is 23.3. The van der Waals surface area contributed by atoms with E-state index in [9.17, 15) is 15.2 Å². The number of hydrogen-bond donors (Lipinski definition) is 4. The molecular weight excluding hydrogens is 202 g/mol. The average Bonchev–Trinajstić information content (AvgIpc) is 2.21. The van der Waals surface area contributed by atoms with Gasteiger partial charge in [0.05, 0.1) is 10.5 Å². The summed E-state index contributed by atoms with van der Waals surface area (Å²) in [5.74, 6) is 9.46. The second-order valence-electron chi connectivity index (χ2n) is 2.55. The number of benzene rings is 1. The monoisotopic (exact) mass is 211 g/mol. The molecule has 0 atom stereocenters. The smallest absolute Gasteiger partial charge is 0.311 e. The van der Waals surface area contributed by atoms with Crippen molar-refractivity contribution in [1.82, 2.24) is 5.43 Å². The molecule has 0 aliphatic heterocycles. The van der Waals surface area contributed by atoms with E-state index in [1.54, 1.807) is 0 Å². The van der Waals surface area contributed by atoms with Crippen LogP contribution in [0, 0.1) is 10.1 Å². The summed E-state index contributed by atoms with van der Waals surface area (Å²) in [6.07, 6.45) is 0. The zero-order valence-electron chi connectivity index (χ0n) is 7.54. The fourth-order valence-corrected chi connectivity index (χ4v) is 1.05. The van der Waals surface area contributed by atoms with Crippen LogP contribution in [-0.2, 0) is 0 Å². The molecule has 0 fully saturated rings. The van der Waals surface area contributed by atoms with E-state index in [-0.39, 0.29) is 11.4 Å². The molecule has 8 nitrogen and oxygen atoms in total.